The lowest BCUT2D eigenvalue weighted by Crippen LogP contribution is -2.11. The van der Waals surface area contributed by atoms with Crippen LogP contribution >= 0.6 is 0 Å². The van der Waals surface area contributed by atoms with Crippen molar-refractivity contribution in [3.63, 3.8) is 0 Å². The first-order valence-electron chi connectivity index (χ1n) is 5.06. The van der Waals surface area contributed by atoms with Crippen LogP contribution in [0.4, 0.5) is 0 Å². The Morgan fingerprint density at radius 2 is 2.19 bits per heavy atom. The number of aromatic nitrogens is 1. The van der Waals surface area contributed by atoms with Gasteiger partial charge in [0.2, 0.25) is 0 Å². The Labute approximate surface area is 89.9 Å². The van der Waals surface area contributed by atoms with Crippen LogP contribution in [-0.2, 0) is 0 Å². The van der Waals surface area contributed by atoms with Crippen LogP contribution in [-0.4, -0.2) is 15.6 Å². The van der Waals surface area contributed by atoms with E-state index < -0.39 is 11.7 Å². The minimum Gasteiger partial charge on any atom is -0.478 e. The molecule has 0 aliphatic heterocycles. The predicted molar refractivity (Wildman–Crippen MR) is 55.7 cm³/mol. The fraction of sp³-hybridized carbons (Fsp3) is 0.273. The maximum Gasteiger partial charge on any atom is 0.420 e. The molecular formula is C11H9NO4. The molecule has 3 rings (SSSR count). The number of aromatic carboxylic acids is 1. The fourth-order valence-electron chi connectivity index (χ4n) is 1.90. The molecule has 1 fully saturated rings. The maximum absolute atomic E-state index is 11.6. The van der Waals surface area contributed by atoms with Gasteiger partial charge in [0.1, 0.15) is 5.56 Å². The second-order valence-corrected chi connectivity index (χ2v) is 3.93. The molecule has 0 radical (unpaired) electrons. The Kier molecular flexibility index (Phi) is 1.71. The highest BCUT2D eigenvalue weighted by molar-refractivity contribution is 5.99. The summed E-state index contributed by atoms with van der Waals surface area (Å²) in [7, 11) is 0. The van der Waals surface area contributed by atoms with E-state index in [1.165, 1.54) is 6.07 Å². The summed E-state index contributed by atoms with van der Waals surface area (Å²) in [6, 6.07) is 4.95. The Morgan fingerprint density at radius 3 is 2.81 bits per heavy atom. The number of carboxylic acid groups (broad SMARTS) is 1. The van der Waals surface area contributed by atoms with Crippen molar-refractivity contribution in [3.05, 3.63) is 34.3 Å². The first-order chi connectivity index (χ1) is 7.68. The monoisotopic (exact) mass is 219 g/mol. The van der Waals surface area contributed by atoms with Crippen LogP contribution in [0, 0.1) is 0 Å². The van der Waals surface area contributed by atoms with Crippen LogP contribution in [0.5, 0.6) is 0 Å². The molecule has 2 aromatic rings. The highest BCUT2D eigenvalue weighted by Gasteiger charge is 2.29. The molecule has 1 heterocycles. The number of hydrogen-bond acceptors (Lipinski definition) is 3. The highest BCUT2D eigenvalue weighted by Crippen LogP contribution is 2.36. The van der Waals surface area contributed by atoms with Gasteiger partial charge >= 0.3 is 11.7 Å². The van der Waals surface area contributed by atoms with Crippen LogP contribution < -0.4 is 5.76 Å². The molecule has 0 amide bonds. The van der Waals surface area contributed by atoms with Crippen molar-refractivity contribution in [2.45, 2.75) is 18.9 Å². The van der Waals surface area contributed by atoms with Crippen LogP contribution in [0.1, 0.15) is 29.2 Å². The van der Waals surface area contributed by atoms with Crippen molar-refractivity contribution < 1.29 is 14.3 Å². The molecule has 16 heavy (non-hydrogen) atoms. The molecule has 0 unspecified atom stereocenters. The molecule has 5 nitrogen and oxygen atoms in total. The molecule has 0 atom stereocenters. The third kappa shape index (κ3) is 1.18. The Bertz CT molecular complexity index is 633. The van der Waals surface area contributed by atoms with Gasteiger partial charge in [0, 0.05) is 6.04 Å². The third-order valence-corrected chi connectivity index (χ3v) is 2.78. The molecule has 5 heteroatoms. The zero-order valence-electron chi connectivity index (χ0n) is 8.34. The average Bonchev–Trinajstić information content (AvgIpc) is 3.00. The van der Waals surface area contributed by atoms with Gasteiger partial charge < -0.3 is 9.52 Å². The fourth-order valence-corrected chi connectivity index (χ4v) is 1.90. The summed E-state index contributed by atoms with van der Waals surface area (Å²) in [5.41, 5.74) is 0.785. The minimum atomic E-state index is -1.08. The van der Waals surface area contributed by atoms with E-state index in [0.717, 1.165) is 12.8 Å². The number of fused-ring (bicyclic) bond motifs is 1. The smallest absolute Gasteiger partial charge is 0.420 e. The predicted octanol–water partition coefficient (Wildman–Crippen LogP) is 1.63. The summed E-state index contributed by atoms with van der Waals surface area (Å²) in [6.07, 6.45) is 1.90. The van der Waals surface area contributed by atoms with Crippen molar-refractivity contribution in [2.24, 2.45) is 0 Å². The highest BCUT2D eigenvalue weighted by atomic mass is 16.4. The zero-order valence-corrected chi connectivity index (χ0v) is 8.34. The number of carboxylic acids is 1. The Balaban J connectivity index is 2.38. The second-order valence-electron chi connectivity index (χ2n) is 3.93. The first-order valence-corrected chi connectivity index (χ1v) is 5.06. The number of nitrogens with zero attached hydrogens (tertiary/aromatic N) is 1. The third-order valence-electron chi connectivity index (χ3n) is 2.78. The van der Waals surface area contributed by atoms with Crippen LogP contribution in [0.25, 0.3) is 11.1 Å². The molecule has 1 aromatic carbocycles. The summed E-state index contributed by atoms with van der Waals surface area (Å²) < 4.78 is 6.56. The van der Waals surface area contributed by atoms with Gasteiger partial charge in [0.05, 0.1) is 5.52 Å². The lowest BCUT2D eigenvalue weighted by Gasteiger charge is -1.98. The largest absolute Gasteiger partial charge is 0.478 e. The first kappa shape index (κ1) is 9.21. The van der Waals surface area contributed by atoms with Crippen molar-refractivity contribution in [2.75, 3.05) is 0 Å². The molecule has 1 saturated carbocycles. The number of benzene rings is 1. The van der Waals surface area contributed by atoms with Gasteiger partial charge in [-0.15, -0.1) is 0 Å². The van der Waals surface area contributed by atoms with Crippen LogP contribution in [0.2, 0.25) is 0 Å². The van der Waals surface area contributed by atoms with Gasteiger partial charge in [-0.3, -0.25) is 4.57 Å². The van der Waals surface area contributed by atoms with Gasteiger partial charge in [-0.2, -0.15) is 0 Å². The SMILES string of the molecule is O=C(O)c1cccc2c1oc(=O)n2C1CC1. The number of para-hydroxylation sites is 1. The van der Waals surface area contributed by atoms with E-state index in [9.17, 15) is 9.59 Å². The zero-order chi connectivity index (χ0) is 11.3. The Morgan fingerprint density at radius 1 is 1.44 bits per heavy atom. The summed E-state index contributed by atoms with van der Waals surface area (Å²) in [5.74, 6) is -1.55. The van der Waals surface area contributed by atoms with Crippen molar-refractivity contribution in [3.8, 4) is 0 Å². The summed E-state index contributed by atoms with van der Waals surface area (Å²) in [6.45, 7) is 0. The second kappa shape index (κ2) is 2.98. The molecule has 0 spiro atoms. The van der Waals surface area contributed by atoms with Gasteiger partial charge in [-0.05, 0) is 25.0 Å². The molecule has 1 N–H and O–H groups in total. The van der Waals surface area contributed by atoms with Crippen molar-refractivity contribution in [1.29, 1.82) is 0 Å². The quantitative estimate of drug-likeness (QED) is 0.833. The van der Waals surface area contributed by atoms with E-state index in [2.05, 4.69) is 0 Å². The summed E-state index contributed by atoms with van der Waals surface area (Å²) in [5, 5.41) is 8.97. The van der Waals surface area contributed by atoms with Gasteiger partial charge in [-0.1, -0.05) is 6.07 Å². The van der Waals surface area contributed by atoms with Crippen molar-refractivity contribution >= 4 is 17.1 Å². The number of oxazole rings is 1. The van der Waals surface area contributed by atoms with Gasteiger partial charge in [0.25, 0.3) is 0 Å². The van der Waals surface area contributed by atoms with E-state index in [-0.39, 0.29) is 17.2 Å². The molecule has 0 bridgehead atoms. The molecule has 1 aromatic heterocycles. The van der Waals surface area contributed by atoms with Crippen LogP contribution in [0.15, 0.2) is 27.4 Å². The van der Waals surface area contributed by atoms with Gasteiger partial charge in [0.15, 0.2) is 5.58 Å². The lowest BCUT2D eigenvalue weighted by atomic mass is 10.2. The number of carbonyl (C=O) groups is 1. The van der Waals surface area contributed by atoms with Crippen LogP contribution in [0.3, 0.4) is 0 Å². The summed E-state index contributed by atoms with van der Waals surface area (Å²) >= 11 is 0. The lowest BCUT2D eigenvalue weighted by molar-refractivity contribution is 0.0698. The molecule has 0 saturated heterocycles. The topological polar surface area (TPSA) is 72.4 Å². The molecular weight excluding hydrogens is 210 g/mol. The number of rotatable bonds is 2. The summed E-state index contributed by atoms with van der Waals surface area (Å²) in [4.78, 5) is 22.5. The molecule has 1 aliphatic carbocycles. The average molecular weight is 219 g/mol. The minimum absolute atomic E-state index is 0.0361. The van der Waals surface area contributed by atoms with Crippen molar-refractivity contribution in [1.82, 2.24) is 4.57 Å². The van der Waals surface area contributed by atoms with E-state index in [4.69, 9.17) is 9.52 Å². The number of hydrogen-bond donors (Lipinski definition) is 1. The normalized spacial score (nSPS) is 15.5. The van der Waals surface area contributed by atoms with E-state index in [1.807, 2.05) is 0 Å². The molecule has 82 valence electrons. The van der Waals surface area contributed by atoms with Gasteiger partial charge in [-0.25, -0.2) is 9.59 Å². The van der Waals surface area contributed by atoms with E-state index >= 15 is 0 Å². The standard InChI is InChI=1S/C11H9NO4/c13-10(14)7-2-1-3-8-9(7)16-11(15)12(8)6-4-5-6/h1-3,6H,4-5H2,(H,13,14). The Hall–Kier alpha value is -2.04. The maximum atomic E-state index is 11.6. The van der Waals surface area contributed by atoms with E-state index in [0.29, 0.717) is 5.52 Å². The van der Waals surface area contributed by atoms with E-state index in [1.54, 1.807) is 16.7 Å². The molecule has 1 aliphatic rings.